The molecular weight excluding hydrogens is 318 g/mol. The average molecular weight is 332 g/mol. The van der Waals surface area contributed by atoms with Crippen LogP contribution >= 0.6 is 11.6 Å². The normalized spacial score (nSPS) is 10.7. The van der Waals surface area contributed by atoms with Crippen molar-refractivity contribution in [3.05, 3.63) is 59.0 Å². The first-order valence-electron chi connectivity index (χ1n) is 7.07. The minimum Gasteiger partial charge on any atom is -0.483 e. The van der Waals surface area contributed by atoms with Crippen LogP contribution in [0.5, 0.6) is 5.75 Å². The minimum absolute atomic E-state index is 0.0424. The maximum Gasteiger partial charge on any atom is 0.361 e. The summed E-state index contributed by atoms with van der Waals surface area (Å²) in [6.45, 7) is 2.21. The van der Waals surface area contributed by atoms with Crippen LogP contribution in [-0.4, -0.2) is 27.2 Å². The molecular formula is C16H14ClN3O3. The molecule has 0 atom stereocenters. The molecule has 0 aliphatic heterocycles. The summed E-state index contributed by atoms with van der Waals surface area (Å²) in [5.41, 5.74) is 1.44. The predicted molar refractivity (Wildman–Crippen MR) is 84.7 cm³/mol. The lowest BCUT2D eigenvalue weighted by Crippen LogP contribution is -2.13. The Balaban J connectivity index is 2.00. The molecule has 0 bridgehead atoms. The summed E-state index contributed by atoms with van der Waals surface area (Å²) in [4.78, 5) is 16.4. The summed E-state index contributed by atoms with van der Waals surface area (Å²) in [7, 11) is 0. The second-order valence-corrected chi connectivity index (χ2v) is 5.03. The third-order valence-electron chi connectivity index (χ3n) is 3.13. The second-order valence-electron chi connectivity index (χ2n) is 4.68. The first-order valence-corrected chi connectivity index (χ1v) is 7.45. The van der Waals surface area contributed by atoms with Gasteiger partial charge in [0.05, 0.1) is 12.8 Å². The molecule has 0 saturated carbocycles. The summed E-state index contributed by atoms with van der Waals surface area (Å²) in [6, 6.07) is 11.2. The van der Waals surface area contributed by atoms with Gasteiger partial charge in [-0.05, 0) is 12.5 Å². The van der Waals surface area contributed by atoms with Crippen molar-refractivity contribution in [2.24, 2.45) is 0 Å². The Labute approximate surface area is 137 Å². The quantitative estimate of drug-likeness (QED) is 0.531. The summed E-state index contributed by atoms with van der Waals surface area (Å²) in [5, 5.41) is 4.25. The molecule has 0 aliphatic rings. The zero-order chi connectivity index (χ0) is 16.2. The molecule has 0 fully saturated rings. The van der Waals surface area contributed by atoms with Crippen LogP contribution in [0.25, 0.3) is 5.65 Å². The van der Waals surface area contributed by atoms with Crippen molar-refractivity contribution in [2.45, 2.75) is 13.5 Å². The highest BCUT2D eigenvalue weighted by Crippen LogP contribution is 2.29. The van der Waals surface area contributed by atoms with Gasteiger partial charge in [-0.25, -0.2) is 9.78 Å². The Morgan fingerprint density at radius 3 is 2.78 bits per heavy atom. The highest BCUT2D eigenvalue weighted by atomic mass is 35.5. The van der Waals surface area contributed by atoms with Crippen molar-refractivity contribution in [1.82, 2.24) is 14.6 Å². The Hall–Kier alpha value is -2.60. The fourth-order valence-electron chi connectivity index (χ4n) is 2.09. The van der Waals surface area contributed by atoms with E-state index in [4.69, 9.17) is 21.1 Å². The smallest absolute Gasteiger partial charge is 0.361 e. The van der Waals surface area contributed by atoms with Crippen LogP contribution < -0.4 is 4.74 Å². The molecule has 0 aliphatic carbocycles. The number of benzene rings is 1. The van der Waals surface area contributed by atoms with E-state index in [9.17, 15) is 4.79 Å². The number of halogens is 1. The van der Waals surface area contributed by atoms with Crippen LogP contribution in [0.4, 0.5) is 0 Å². The van der Waals surface area contributed by atoms with Crippen molar-refractivity contribution in [3.63, 3.8) is 0 Å². The van der Waals surface area contributed by atoms with Crippen LogP contribution in [-0.2, 0) is 11.3 Å². The third-order valence-corrected chi connectivity index (χ3v) is 3.46. The predicted octanol–water partition coefficient (Wildman–Crippen LogP) is 3.14. The Kier molecular flexibility index (Phi) is 4.43. The van der Waals surface area contributed by atoms with Crippen molar-refractivity contribution in [2.75, 3.05) is 6.61 Å². The van der Waals surface area contributed by atoms with Gasteiger partial charge in [-0.15, -0.1) is 0 Å². The van der Waals surface area contributed by atoms with Gasteiger partial charge in [-0.3, -0.25) is 0 Å². The number of ether oxygens (including phenoxy) is 2. The van der Waals surface area contributed by atoms with Crippen LogP contribution in [0.1, 0.15) is 23.0 Å². The number of hydrogen-bond acceptors (Lipinski definition) is 5. The Morgan fingerprint density at radius 1 is 1.26 bits per heavy atom. The van der Waals surface area contributed by atoms with Crippen LogP contribution in [0.3, 0.4) is 0 Å². The van der Waals surface area contributed by atoms with E-state index in [-0.39, 0.29) is 29.8 Å². The highest BCUT2D eigenvalue weighted by Gasteiger charge is 2.22. The molecule has 0 N–H and O–H groups in total. The number of aromatic nitrogens is 3. The van der Waals surface area contributed by atoms with E-state index < -0.39 is 5.97 Å². The van der Waals surface area contributed by atoms with E-state index in [1.165, 1.54) is 4.52 Å². The van der Waals surface area contributed by atoms with E-state index in [1.54, 1.807) is 19.2 Å². The van der Waals surface area contributed by atoms with Crippen molar-refractivity contribution < 1.29 is 14.3 Å². The van der Waals surface area contributed by atoms with Gasteiger partial charge in [0.2, 0.25) is 0 Å². The summed E-state index contributed by atoms with van der Waals surface area (Å²) < 4.78 is 12.2. The molecule has 6 nitrogen and oxygen atoms in total. The average Bonchev–Trinajstić information content (AvgIpc) is 3.04. The lowest BCUT2D eigenvalue weighted by Gasteiger charge is -2.12. The van der Waals surface area contributed by atoms with Crippen LogP contribution in [0.15, 0.2) is 42.6 Å². The first-order chi connectivity index (χ1) is 11.2. The summed E-state index contributed by atoms with van der Waals surface area (Å²) in [6.07, 6.45) is 1.55. The molecule has 2 heterocycles. The van der Waals surface area contributed by atoms with Gasteiger partial charge in [0.1, 0.15) is 6.61 Å². The molecule has 0 saturated heterocycles. The van der Waals surface area contributed by atoms with Crippen molar-refractivity contribution >= 4 is 23.2 Å². The lowest BCUT2D eigenvalue weighted by atomic mass is 10.2. The molecule has 2 aromatic heterocycles. The number of carbonyl (C=O) groups excluding carboxylic acids is 1. The highest BCUT2D eigenvalue weighted by molar-refractivity contribution is 6.31. The molecule has 0 unspecified atom stereocenters. The maximum absolute atomic E-state index is 12.1. The number of esters is 1. The summed E-state index contributed by atoms with van der Waals surface area (Å²) >= 11 is 6.33. The number of nitrogens with zero attached hydrogens (tertiary/aromatic N) is 3. The zero-order valence-electron chi connectivity index (χ0n) is 12.4. The van der Waals surface area contributed by atoms with E-state index in [0.29, 0.717) is 5.65 Å². The number of rotatable bonds is 5. The molecule has 0 amide bonds. The minimum atomic E-state index is -0.582. The fraction of sp³-hybridized carbons (Fsp3) is 0.188. The monoisotopic (exact) mass is 331 g/mol. The van der Waals surface area contributed by atoms with Gasteiger partial charge in [-0.2, -0.15) is 9.61 Å². The number of carbonyl (C=O) groups is 1. The van der Waals surface area contributed by atoms with Crippen molar-refractivity contribution in [3.8, 4) is 5.75 Å². The van der Waals surface area contributed by atoms with E-state index in [2.05, 4.69) is 10.1 Å². The van der Waals surface area contributed by atoms with Gasteiger partial charge in [-0.1, -0.05) is 41.9 Å². The van der Waals surface area contributed by atoms with Gasteiger partial charge in [0.15, 0.2) is 22.2 Å². The molecule has 23 heavy (non-hydrogen) atoms. The second kappa shape index (κ2) is 6.66. The third kappa shape index (κ3) is 3.12. The Bertz CT molecular complexity index is 833. The van der Waals surface area contributed by atoms with Gasteiger partial charge in [0, 0.05) is 6.07 Å². The Morgan fingerprint density at radius 2 is 2.04 bits per heavy atom. The molecule has 3 rings (SSSR count). The lowest BCUT2D eigenvalue weighted by molar-refractivity contribution is 0.0514. The molecule has 3 aromatic rings. The molecule has 0 spiro atoms. The van der Waals surface area contributed by atoms with Crippen LogP contribution in [0.2, 0.25) is 5.15 Å². The molecule has 0 radical (unpaired) electrons. The van der Waals surface area contributed by atoms with E-state index in [0.717, 1.165) is 5.56 Å². The van der Waals surface area contributed by atoms with Gasteiger partial charge >= 0.3 is 5.97 Å². The first kappa shape index (κ1) is 15.3. The van der Waals surface area contributed by atoms with Crippen molar-refractivity contribution in [1.29, 1.82) is 0 Å². The molecule has 1 aromatic carbocycles. The number of hydrogen-bond donors (Lipinski definition) is 0. The number of fused-ring (bicyclic) bond motifs is 1. The molecule has 118 valence electrons. The molecule has 7 heteroatoms. The topological polar surface area (TPSA) is 65.7 Å². The zero-order valence-corrected chi connectivity index (χ0v) is 13.2. The largest absolute Gasteiger partial charge is 0.483 e. The SMILES string of the molecule is CCOC(=O)c1nc2ccnn2c(Cl)c1OCc1ccccc1. The van der Waals surface area contributed by atoms with Gasteiger partial charge in [0.25, 0.3) is 0 Å². The van der Waals surface area contributed by atoms with Crippen LogP contribution in [0, 0.1) is 0 Å². The maximum atomic E-state index is 12.1. The fourth-order valence-corrected chi connectivity index (χ4v) is 2.36. The van der Waals surface area contributed by atoms with E-state index in [1.807, 2.05) is 30.3 Å². The summed E-state index contributed by atoms with van der Waals surface area (Å²) in [5.74, 6) is -0.425. The van der Waals surface area contributed by atoms with E-state index >= 15 is 0 Å². The standard InChI is InChI=1S/C16H14ClN3O3/c1-2-22-16(21)13-14(23-10-11-6-4-3-5-7-11)15(17)20-12(19-13)8-9-18-20/h3-9H,2,10H2,1H3. The van der Waals surface area contributed by atoms with Gasteiger partial charge < -0.3 is 9.47 Å².